The van der Waals surface area contributed by atoms with Gasteiger partial charge in [0.05, 0.1) is 6.10 Å². The largest absolute Gasteiger partial charge is 0.377 e. The zero-order valence-corrected chi connectivity index (χ0v) is 12.4. The van der Waals surface area contributed by atoms with E-state index in [2.05, 4.69) is 24.9 Å². The molecule has 3 unspecified atom stereocenters. The molecule has 0 spiro atoms. The van der Waals surface area contributed by atoms with Crippen LogP contribution in [0.1, 0.15) is 31.4 Å². The van der Waals surface area contributed by atoms with Crippen molar-refractivity contribution in [1.82, 2.24) is 4.90 Å². The van der Waals surface area contributed by atoms with Crippen molar-refractivity contribution in [2.45, 2.75) is 38.0 Å². The summed E-state index contributed by atoms with van der Waals surface area (Å²) in [5, 5.41) is 0.777. The van der Waals surface area contributed by atoms with Crippen LogP contribution in [0.3, 0.4) is 0 Å². The summed E-state index contributed by atoms with van der Waals surface area (Å²) < 4.78 is 5.79. The maximum absolute atomic E-state index is 6.07. The molecule has 3 nitrogen and oxygen atoms in total. The van der Waals surface area contributed by atoms with Crippen LogP contribution in [0.25, 0.3) is 0 Å². The highest BCUT2D eigenvalue weighted by Gasteiger charge is 2.30. The fourth-order valence-corrected chi connectivity index (χ4v) is 2.97. The molecule has 1 aliphatic heterocycles. The Hall–Kier alpha value is -0.610. The van der Waals surface area contributed by atoms with Gasteiger partial charge in [-0.3, -0.25) is 4.90 Å². The van der Waals surface area contributed by atoms with Crippen LogP contribution in [-0.2, 0) is 4.74 Å². The van der Waals surface area contributed by atoms with Crippen molar-refractivity contribution in [2.24, 2.45) is 5.73 Å². The minimum atomic E-state index is 0.261. The van der Waals surface area contributed by atoms with Crippen molar-refractivity contribution < 1.29 is 4.74 Å². The number of ether oxygens (including phenoxy) is 1. The molecule has 0 bridgehead atoms. The minimum absolute atomic E-state index is 0.261. The third kappa shape index (κ3) is 3.48. The third-order valence-corrected chi connectivity index (χ3v) is 4.34. The van der Waals surface area contributed by atoms with E-state index in [9.17, 15) is 0 Å². The molecule has 1 aromatic rings. The number of hydrogen-bond acceptors (Lipinski definition) is 3. The smallest absolute Gasteiger partial charge is 0.0743 e. The van der Waals surface area contributed by atoms with Gasteiger partial charge in [-0.25, -0.2) is 0 Å². The average molecular weight is 283 g/mol. The van der Waals surface area contributed by atoms with Gasteiger partial charge in [0, 0.05) is 30.3 Å². The summed E-state index contributed by atoms with van der Waals surface area (Å²) >= 11 is 6.07. The summed E-state index contributed by atoms with van der Waals surface area (Å²) in [6.45, 7) is 3.66. The number of nitrogens with zero attached hydrogens (tertiary/aromatic N) is 1. The Labute approximate surface area is 120 Å². The second-order valence-electron chi connectivity index (χ2n) is 5.25. The van der Waals surface area contributed by atoms with Gasteiger partial charge < -0.3 is 10.5 Å². The van der Waals surface area contributed by atoms with Crippen molar-refractivity contribution in [3.8, 4) is 0 Å². The number of halogens is 1. The van der Waals surface area contributed by atoms with Gasteiger partial charge in [0.1, 0.15) is 0 Å². The molecule has 0 aliphatic carbocycles. The number of hydrogen-bond donors (Lipinski definition) is 1. The number of benzene rings is 1. The van der Waals surface area contributed by atoms with Gasteiger partial charge in [0.2, 0.25) is 0 Å². The highest BCUT2D eigenvalue weighted by Crippen LogP contribution is 2.27. The first-order valence-corrected chi connectivity index (χ1v) is 7.30. The molecule has 1 aliphatic rings. The Kier molecular flexibility index (Phi) is 5.22. The quantitative estimate of drug-likeness (QED) is 0.902. The highest BCUT2D eigenvalue weighted by atomic mass is 35.5. The Bertz CT molecular complexity index is 407. The van der Waals surface area contributed by atoms with Gasteiger partial charge >= 0.3 is 0 Å². The summed E-state index contributed by atoms with van der Waals surface area (Å²) in [5.41, 5.74) is 7.17. The molecule has 106 valence electrons. The molecule has 3 atom stereocenters. The predicted molar refractivity (Wildman–Crippen MR) is 79.4 cm³/mol. The van der Waals surface area contributed by atoms with Crippen molar-refractivity contribution in [3.05, 3.63) is 34.9 Å². The van der Waals surface area contributed by atoms with Crippen molar-refractivity contribution in [2.75, 3.05) is 20.2 Å². The lowest BCUT2D eigenvalue weighted by molar-refractivity contribution is 0.0235. The van der Waals surface area contributed by atoms with Gasteiger partial charge in [-0.1, -0.05) is 23.7 Å². The molecule has 0 amide bonds. The van der Waals surface area contributed by atoms with E-state index in [1.54, 1.807) is 0 Å². The first-order valence-electron chi connectivity index (χ1n) is 6.92. The fourth-order valence-electron chi connectivity index (χ4n) is 2.78. The molecule has 19 heavy (non-hydrogen) atoms. The zero-order valence-electron chi connectivity index (χ0n) is 11.7. The van der Waals surface area contributed by atoms with Gasteiger partial charge in [0.25, 0.3) is 0 Å². The van der Waals surface area contributed by atoms with E-state index < -0.39 is 0 Å². The molecule has 1 saturated heterocycles. The molecule has 2 rings (SSSR count). The van der Waals surface area contributed by atoms with E-state index in [4.69, 9.17) is 22.1 Å². The normalized spacial score (nSPS) is 22.7. The molecule has 4 heteroatoms. The molecule has 0 aromatic heterocycles. The monoisotopic (exact) mass is 282 g/mol. The van der Waals surface area contributed by atoms with E-state index in [-0.39, 0.29) is 18.2 Å². The molecule has 0 saturated carbocycles. The topological polar surface area (TPSA) is 38.5 Å². The Morgan fingerprint density at radius 2 is 2.32 bits per heavy atom. The molecule has 2 N–H and O–H groups in total. The van der Waals surface area contributed by atoms with Crippen LogP contribution >= 0.6 is 11.6 Å². The Morgan fingerprint density at radius 1 is 1.53 bits per heavy atom. The standard InChI is InChI=1S/C15H23ClN2O/c1-11(12-5-3-6-13(16)9-12)18(2)14(10-17)15-7-4-8-19-15/h3,5-6,9,11,14-15H,4,7-8,10,17H2,1-2H3. The van der Waals surface area contributed by atoms with Crippen molar-refractivity contribution >= 4 is 11.6 Å². The maximum atomic E-state index is 6.07. The number of likely N-dealkylation sites (N-methyl/N-ethyl adjacent to an activating group) is 1. The van der Waals surface area contributed by atoms with E-state index in [1.807, 2.05) is 18.2 Å². The zero-order chi connectivity index (χ0) is 13.8. The molecular weight excluding hydrogens is 260 g/mol. The predicted octanol–water partition coefficient (Wildman–Crippen LogP) is 2.84. The second-order valence-corrected chi connectivity index (χ2v) is 5.69. The molecule has 1 fully saturated rings. The SMILES string of the molecule is CC(c1cccc(Cl)c1)N(C)C(CN)C1CCCO1. The fraction of sp³-hybridized carbons (Fsp3) is 0.600. The van der Waals surface area contributed by atoms with E-state index in [1.165, 1.54) is 5.56 Å². The van der Waals surface area contributed by atoms with Crippen LogP contribution in [0.15, 0.2) is 24.3 Å². The maximum Gasteiger partial charge on any atom is 0.0743 e. The summed E-state index contributed by atoms with van der Waals surface area (Å²) in [7, 11) is 2.12. The van der Waals surface area contributed by atoms with Crippen molar-refractivity contribution in [3.63, 3.8) is 0 Å². The van der Waals surface area contributed by atoms with Crippen LogP contribution in [0.4, 0.5) is 0 Å². The lowest BCUT2D eigenvalue weighted by atomic mass is 10.0. The Balaban J connectivity index is 2.10. The minimum Gasteiger partial charge on any atom is -0.377 e. The molecule has 1 aromatic carbocycles. The lowest BCUT2D eigenvalue weighted by Gasteiger charge is -2.35. The summed E-state index contributed by atoms with van der Waals surface area (Å²) in [6, 6.07) is 8.55. The van der Waals surface area contributed by atoms with Crippen molar-refractivity contribution in [1.29, 1.82) is 0 Å². The van der Waals surface area contributed by atoms with Crippen LogP contribution in [0.2, 0.25) is 5.02 Å². The Morgan fingerprint density at radius 3 is 2.89 bits per heavy atom. The van der Waals surface area contributed by atoms with E-state index in [0.29, 0.717) is 6.54 Å². The van der Waals surface area contributed by atoms with Gasteiger partial charge in [-0.2, -0.15) is 0 Å². The average Bonchev–Trinajstić information content (AvgIpc) is 2.92. The van der Waals surface area contributed by atoms with Gasteiger partial charge in [-0.05, 0) is 44.5 Å². The van der Waals surface area contributed by atoms with E-state index in [0.717, 1.165) is 24.5 Å². The van der Waals surface area contributed by atoms with Crippen LogP contribution in [-0.4, -0.2) is 37.2 Å². The second kappa shape index (κ2) is 6.71. The van der Waals surface area contributed by atoms with Crippen LogP contribution < -0.4 is 5.73 Å². The van der Waals surface area contributed by atoms with E-state index >= 15 is 0 Å². The third-order valence-electron chi connectivity index (χ3n) is 4.10. The first-order chi connectivity index (χ1) is 9.13. The first kappa shape index (κ1) is 14.8. The number of rotatable bonds is 5. The lowest BCUT2D eigenvalue weighted by Crippen LogP contribution is -2.47. The van der Waals surface area contributed by atoms with Crippen LogP contribution in [0.5, 0.6) is 0 Å². The summed E-state index contributed by atoms with van der Waals surface area (Å²) in [5.74, 6) is 0. The highest BCUT2D eigenvalue weighted by molar-refractivity contribution is 6.30. The summed E-state index contributed by atoms with van der Waals surface area (Å²) in [4.78, 5) is 2.31. The molecule has 1 heterocycles. The van der Waals surface area contributed by atoms with Gasteiger partial charge in [-0.15, -0.1) is 0 Å². The molecule has 0 radical (unpaired) electrons. The molecular formula is C15H23ClN2O. The summed E-state index contributed by atoms with van der Waals surface area (Å²) in [6.07, 6.45) is 2.51. The van der Waals surface area contributed by atoms with Gasteiger partial charge in [0.15, 0.2) is 0 Å². The van der Waals surface area contributed by atoms with Crippen LogP contribution in [0, 0.1) is 0 Å². The number of nitrogens with two attached hydrogens (primary N) is 1.